The van der Waals surface area contributed by atoms with Crippen LogP contribution in [0.2, 0.25) is 0 Å². The number of rotatable bonds is 2. The Labute approximate surface area is 107 Å². The SMILES string of the molecule is NC(=O)c1nccc(-c2csc3ccccc23)n1. The van der Waals surface area contributed by atoms with E-state index in [0.29, 0.717) is 0 Å². The highest BCUT2D eigenvalue weighted by atomic mass is 32.1. The molecule has 0 unspecified atom stereocenters. The van der Waals surface area contributed by atoms with Crippen LogP contribution in [-0.4, -0.2) is 15.9 Å². The molecule has 0 atom stereocenters. The van der Waals surface area contributed by atoms with Gasteiger partial charge in [0.05, 0.1) is 5.69 Å². The van der Waals surface area contributed by atoms with Crippen molar-refractivity contribution in [2.75, 3.05) is 0 Å². The van der Waals surface area contributed by atoms with E-state index in [1.807, 2.05) is 23.6 Å². The summed E-state index contributed by atoms with van der Waals surface area (Å²) in [5, 5.41) is 3.15. The summed E-state index contributed by atoms with van der Waals surface area (Å²) in [6, 6.07) is 9.85. The minimum Gasteiger partial charge on any atom is -0.363 e. The Morgan fingerprint density at radius 3 is 2.89 bits per heavy atom. The second-order valence-electron chi connectivity index (χ2n) is 3.78. The van der Waals surface area contributed by atoms with Gasteiger partial charge < -0.3 is 5.73 Å². The van der Waals surface area contributed by atoms with Gasteiger partial charge in [0.15, 0.2) is 0 Å². The lowest BCUT2D eigenvalue weighted by Gasteiger charge is -2.00. The fourth-order valence-electron chi connectivity index (χ4n) is 1.80. The van der Waals surface area contributed by atoms with E-state index in [9.17, 15) is 4.79 Å². The van der Waals surface area contributed by atoms with Crippen LogP contribution in [0.1, 0.15) is 10.6 Å². The van der Waals surface area contributed by atoms with Gasteiger partial charge in [-0.1, -0.05) is 18.2 Å². The molecule has 0 aliphatic heterocycles. The lowest BCUT2D eigenvalue weighted by Crippen LogP contribution is -2.15. The normalized spacial score (nSPS) is 10.7. The monoisotopic (exact) mass is 255 g/mol. The fourth-order valence-corrected chi connectivity index (χ4v) is 2.76. The predicted octanol–water partition coefficient (Wildman–Crippen LogP) is 2.46. The fraction of sp³-hybridized carbons (Fsp3) is 0. The molecule has 2 N–H and O–H groups in total. The van der Waals surface area contributed by atoms with Crippen LogP contribution in [0.5, 0.6) is 0 Å². The van der Waals surface area contributed by atoms with Crippen LogP contribution in [0.4, 0.5) is 0 Å². The van der Waals surface area contributed by atoms with Crippen LogP contribution in [-0.2, 0) is 0 Å². The van der Waals surface area contributed by atoms with Gasteiger partial charge in [0.25, 0.3) is 5.91 Å². The van der Waals surface area contributed by atoms with Crippen molar-refractivity contribution in [1.82, 2.24) is 9.97 Å². The first-order chi connectivity index (χ1) is 8.75. The highest BCUT2D eigenvalue weighted by Gasteiger charge is 2.10. The molecule has 4 nitrogen and oxygen atoms in total. The molecule has 2 heterocycles. The Bertz CT molecular complexity index is 736. The van der Waals surface area contributed by atoms with Gasteiger partial charge in [-0.05, 0) is 12.1 Å². The Morgan fingerprint density at radius 2 is 2.06 bits per heavy atom. The third-order valence-electron chi connectivity index (χ3n) is 2.63. The zero-order valence-electron chi connectivity index (χ0n) is 9.33. The van der Waals surface area contributed by atoms with Crippen LogP contribution in [0.25, 0.3) is 21.3 Å². The van der Waals surface area contributed by atoms with Crippen LogP contribution < -0.4 is 5.73 Å². The highest BCUT2D eigenvalue weighted by Crippen LogP contribution is 2.32. The van der Waals surface area contributed by atoms with E-state index in [-0.39, 0.29) is 5.82 Å². The molecule has 0 radical (unpaired) electrons. The topological polar surface area (TPSA) is 68.9 Å². The molecule has 18 heavy (non-hydrogen) atoms. The van der Waals surface area contributed by atoms with Crippen LogP contribution in [0, 0.1) is 0 Å². The maximum absolute atomic E-state index is 11.1. The molecule has 88 valence electrons. The summed E-state index contributed by atoms with van der Waals surface area (Å²) < 4.78 is 1.19. The van der Waals surface area contributed by atoms with Crippen molar-refractivity contribution in [2.45, 2.75) is 0 Å². The molecular formula is C13H9N3OS. The molecule has 0 bridgehead atoms. The first kappa shape index (κ1) is 10.9. The van der Waals surface area contributed by atoms with Crippen molar-refractivity contribution >= 4 is 27.3 Å². The van der Waals surface area contributed by atoms with E-state index in [1.54, 1.807) is 23.6 Å². The summed E-state index contributed by atoms with van der Waals surface area (Å²) in [6.07, 6.45) is 1.55. The molecule has 0 saturated carbocycles. The number of nitrogens with two attached hydrogens (primary N) is 1. The number of hydrogen-bond acceptors (Lipinski definition) is 4. The van der Waals surface area contributed by atoms with E-state index >= 15 is 0 Å². The Balaban J connectivity index is 2.20. The van der Waals surface area contributed by atoms with E-state index in [4.69, 9.17) is 5.73 Å². The molecule has 0 saturated heterocycles. The standard InChI is InChI=1S/C13H9N3OS/c14-12(17)13-15-6-5-10(16-13)9-7-18-11-4-2-1-3-8(9)11/h1-7H,(H2,14,17). The van der Waals surface area contributed by atoms with Gasteiger partial charge in [-0.15, -0.1) is 11.3 Å². The molecule has 2 aromatic heterocycles. The summed E-state index contributed by atoms with van der Waals surface area (Å²) in [7, 11) is 0. The summed E-state index contributed by atoms with van der Waals surface area (Å²) in [5.74, 6) is -0.570. The lowest BCUT2D eigenvalue weighted by atomic mass is 10.1. The van der Waals surface area contributed by atoms with E-state index < -0.39 is 5.91 Å². The van der Waals surface area contributed by atoms with Gasteiger partial charge in [0.1, 0.15) is 0 Å². The molecule has 1 amide bonds. The number of aromatic nitrogens is 2. The van der Waals surface area contributed by atoms with Crippen molar-refractivity contribution < 1.29 is 4.79 Å². The van der Waals surface area contributed by atoms with E-state index in [2.05, 4.69) is 16.0 Å². The zero-order valence-corrected chi connectivity index (χ0v) is 10.1. The molecular weight excluding hydrogens is 246 g/mol. The third kappa shape index (κ3) is 1.74. The van der Waals surface area contributed by atoms with Crippen molar-refractivity contribution in [3.05, 3.63) is 47.7 Å². The van der Waals surface area contributed by atoms with Crippen molar-refractivity contribution in [3.63, 3.8) is 0 Å². The average Bonchev–Trinajstić information content (AvgIpc) is 2.82. The van der Waals surface area contributed by atoms with Crippen molar-refractivity contribution in [3.8, 4) is 11.3 Å². The highest BCUT2D eigenvalue weighted by molar-refractivity contribution is 7.17. The molecule has 5 heteroatoms. The Kier molecular flexibility index (Phi) is 2.53. The van der Waals surface area contributed by atoms with Crippen LogP contribution in [0.3, 0.4) is 0 Å². The zero-order chi connectivity index (χ0) is 12.5. The van der Waals surface area contributed by atoms with Gasteiger partial charge in [-0.2, -0.15) is 0 Å². The molecule has 3 rings (SSSR count). The number of fused-ring (bicyclic) bond motifs is 1. The molecule has 1 aromatic carbocycles. The first-order valence-corrected chi connectivity index (χ1v) is 6.23. The number of benzene rings is 1. The van der Waals surface area contributed by atoms with Gasteiger partial charge in [0, 0.05) is 27.2 Å². The predicted molar refractivity (Wildman–Crippen MR) is 71.4 cm³/mol. The smallest absolute Gasteiger partial charge is 0.286 e. The third-order valence-corrected chi connectivity index (χ3v) is 3.60. The quantitative estimate of drug-likeness (QED) is 0.764. The Hall–Kier alpha value is -2.27. The number of carbonyl (C=O) groups is 1. The molecule has 0 fully saturated rings. The maximum atomic E-state index is 11.1. The Morgan fingerprint density at radius 1 is 1.22 bits per heavy atom. The van der Waals surface area contributed by atoms with Gasteiger partial charge in [0.2, 0.25) is 5.82 Å². The van der Waals surface area contributed by atoms with E-state index in [0.717, 1.165) is 16.6 Å². The summed E-state index contributed by atoms with van der Waals surface area (Å²) >= 11 is 1.65. The largest absolute Gasteiger partial charge is 0.363 e. The van der Waals surface area contributed by atoms with Gasteiger partial charge >= 0.3 is 0 Å². The number of amides is 1. The molecule has 0 aliphatic rings. The van der Waals surface area contributed by atoms with Crippen LogP contribution >= 0.6 is 11.3 Å². The number of thiophene rings is 1. The summed E-state index contributed by atoms with van der Waals surface area (Å²) in [6.45, 7) is 0. The number of carbonyl (C=O) groups excluding carboxylic acids is 1. The second-order valence-corrected chi connectivity index (χ2v) is 4.69. The number of primary amides is 1. The second kappa shape index (κ2) is 4.19. The van der Waals surface area contributed by atoms with E-state index in [1.165, 1.54) is 4.70 Å². The number of hydrogen-bond donors (Lipinski definition) is 1. The summed E-state index contributed by atoms with van der Waals surface area (Å²) in [4.78, 5) is 19.1. The van der Waals surface area contributed by atoms with Gasteiger partial charge in [-0.3, -0.25) is 4.79 Å². The molecule has 3 aromatic rings. The van der Waals surface area contributed by atoms with Crippen molar-refractivity contribution in [2.24, 2.45) is 5.73 Å². The van der Waals surface area contributed by atoms with Crippen LogP contribution in [0.15, 0.2) is 41.9 Å². The molecule has 0 spiro atoms. The molecule has 0 aliphatic carbocycles. The number of nitrogens with zero attached hydrogens (tertiary/aromatic N) is 2. The first-order valence-electron chi connectivity index (χ1n) is 5.35. The minimum absolute atomic E-state index is 0.0442. The lowest BCUT2D eigenvalue weighted by molar-refractivity contribution is 0.0990. The summed E-state index contributed by atoms with van der Waals surface area (Å²) in [5.41, 5.74) is 6.91. The van der Waals surface area contributed by atoms with Crippen molar-refractivity contribution in [1.29, 1.82) is 0 Å². The average molecular weight is 255 g/mol. The maximum Gasteiger partial charge on any atom is 0.286 e. The van der Waals surface area contributed by atoms with Gasteiger partial charge in [-0.25, -0.2) is 9.97 Å². The minimum atomic E-state index is -0.614.